The molecule has 0 spiro atoms. The van der Waals surface area contributed by atoms with Gasteiger partial charge in [-0.2, -0.15) is 0 Å². The Morgan fingerprint density at radius 3 is 1.93 bits per heavy atom. The zero-order valence-corrected chi connectivity index (χ0v) is 25.9. The minimum Gasteiger partial charge on any atom is -0.265 e. The Kier molecular flexibility index (Phi) is 6.99. The number of hydrogen-bond acceptors (Lipinski definition) is 2. The fourth-order valence-corrected chi connectivity index (χ4v) is 7.21. The topological polar surface area (TPSA) is 25.2 Å². The molecule has 0 bridgehead atoms. The number of aryl methyl sites for hydroxylation is 1. The highest BCUT2D eigenvalue weighted by Gasteiger charge is 2.21. The number of allylic oxidation sites excluding steroid dienone is 2. The van der Waals surface area contributed by atoms with Crippen molar-refractivity contribution in [1.29, 1.82) is 0 Å². The van der Waals surface area contributed by atoms with Gasteiger partial charge in [-0.1, -0.05) is 111 Å². The van der Waals surface area contributed by atoms with Gasteiger partial charge in [0.15, 0.2) is 0 Å². The van der Waals surface area contributed by atoms with E-state index in [4.69, 9.17) is 4.99 Å². The molecule has 6 aromatic rings. The van der Waals surface area contributed by atoms with Crippen molar-refractivity contribution in [1.82, 2.24) is 4.98 Å². The summed E-state index contributed by atoms with van der Waals surface area (Å²) in [6.45, 7) is 4.54. The number of benzene rings is 5. The summed E-state index contributed by atoms with van der Waals surface area (Å²) < 4.78 is 0. The van der Waals surface area contributed by atoms with Crippen molar-refractivity contribution in [2.45, 2.75) is 45.4 Å². The van der Waals surface area contributed by atoms with Gasteiger partial charge < -0.3 is 0 Å². The third kappa shape index (κ3) is 5.01. The summed E-state index contributed by atoms with van der Waals surface area (Å²) in [7, 11) is 0. The smallest absolute Gasteiger partial charge is 0.0666 e. The summed E-state index contributed by atoms with van der Waals surface area (Å²) in [5, 5.41) is 5.22. The van der Waals surface area contributed by atoms with Gasteiger partial charge in [-0.25, -0.2) is 0 Å². The summed E-state index contributed by atoms with van der Waals surface area (Å²) in [6.07, 6.45) is 12.4. The number of aromatic nitrogens is 1. The van der Waals surface area contributed by atoms with E-state index >= 15 is 0 Å². The molecular formula is C43H36N2. The number of pyridine rings is 1. The Bertz CT molecular complexity index is 2120. The van der Waals surface area contributed by atoms with E-state index < -0.39 is 0 Å². The number of hydrogen-bond donors (Lipinski definition) is 0. The van der Waals surface area contributed by atoms with Gasteiger partial charge in [0.25, 0.3) is 0 Å². The molecule has 0 atom stereocenters. The molecule has 0 unspecified atom stereocenters. The molecule has 8 rings (SSSR count). The second-order valence-electron chi connectivity index (χ2n) is 12.6. The highest BCUT2D eigenvalue weighted by atomic mass is 14.8. The molecule has 218 valence electrons. The van der Waals surface area contributed by atoms with Crippen LogP contribution in [0.15, 0.2) is 132 Å². The van der Waals surface area contributed by atoms with E-state index in [1.54, 1.807) is 0 Å². The number of nitrogens with zero attached hydrogens (tertiary/aromatic N) is 2. The van der Waals surface area contributed by atoms with Crippen LogP contribution in [0, 0.1) is 0 Å². The first-order chi connectivity index (χ1) is 22.1. The van der Waals surface area contributed by atoms with Crippen LogP contribution >= 0.6 is 0 Å². The first-order valence-corrected chi connectivity index (χ1v) is 16.2. The van der Waals surface area contributed by atoms with Crippen LogP contribution in [0.5, 0.6) is 0 Å². The van der Waals surface area contributed by atoms with Gasteiger partial charge in [0.2, 0.25) is 0 Å². The second kappa shape index (κ2) is 11.4. The van der Waals surface area contributed by atoms with Crippen LogP contribution in [-0.4, -0.2) is 10.7 Å². The summed E-state index contributed by atoms with van der Waals surface area (Å²) in [4.78, 5) is 9.29. The molecular weight excluding hydrogens is 544 g/mol. The molecule has 0 amide bonds. The van der Waals surface area contributed by atoms with Gasteiger partial charge in [0, 0.05) is 23.7 Å². The third-order valence-electron chi connectivity index (χ3n) is 9.52. The molecule has 0 fully saturated rings. The number of rotatable bonds is 5. The first kappa shape index (κ1) is 27.5. The molecule has 0 radical (unpaired) electrons. The zero-order valence-electron chi connectivity index (χ0n) is 25.9. The highest BCUT2D eigenvalue weighted by Crippen LogP contribution is 2.44. The Morgan fingerprint density at radius 2 is 1.27 bits per heavy atom. The third-order valence-corrected chi connectivity index (χ3v) is 9.52. The van der Waals surface area contributed by atoms with Gasteiger partial charge in [0.05, 0.1) is 5.70 Å². The molecule has 1 aliphatic heterocycles. The molecule has 45 heavy (non-hydrogen) atoms. The quantitative estimate of drug-likeness (QED) is 0.186. The normalized spacial score (nSPS) is 14.7. The van der Waals surface area contributed by atoms with E-state index in [2.05, 4.69) is 122 Å². The van der Waals surface area contributed by atoms with E-state index in [0.29, 0.717) is 5.92 Å². The van der Waals surface area contributed by atoms with Gasteiger partial charge in [-0.3, -0.25) is 9.98 Å². The predicted octanol–water partition coefficient (Wildman–Crippen LogP) is 11.5. The van der Waals surface area contributed by atoms with Crippen LogP contribution in [0.1, 0.15) is 61.3 Å². The maximum absolute atomic E-state index is 5.11. The molecule has 0 saturated carbocycles. The molecule has 1 aromatic heterocycles. The molecule has 5 aromatic carbocycles. The van der Waals surface area contributed by atoms with E-state index in [-0.39, 0.29) is 0 Å². The summed E-state index contributed by atoms with van der Waals surface area (Å²) in [6, 6.07) is 38.3. The lowest BCUT2D eigenvalue weighted by atomic mass is 9.83. The van der Waals surface area contributed by atoms with Gasteiger partial charge >= 0.3 is 0 Å². The van der Waals surface area contributed by atoms with Crippen molar-refractivity contribution in [3.05, 3.63) is 149 Å². The highest BCUT2D eigenvalue weighted by molar-refractivity contribution is 6.21. The van der Waals surface area contributed by atoms with Crippen molar-refractivity contribution in [3.63, 3.8) is 0 Å². The van der Waals surface area contributed by atoms with Gasteiger partial charge in [-0.05, 0) is 116 Å². The Labute approximate surface area is 265 Å². The van der Waals surface area contributed by atoms with E-state index in [9.17, 15) is 0 Å². The van der Waals surface area contributed by atoms with Gasteiger partial charge in [0.1, 0.15) is 0 Å². The molecule has 1 aliphatic carbocycles. The second-order valence-corrected chi connectivity index (χ2v) is 12.6. The summed E-state index contributed by atoms with van der Waals surface area (Å²) in [5.41, 5.74) is 14.1. The average molecular weight is 581 g/mol. The fourth-order valence-electron chi connectivity index (χ4n) is 7.21. The molecule has 0 saturated heterocycles. The van der Waals surface area contributed by atoms with Crippen LogP contribution in [-0.2, 0) is 6.42 Å². The average Bonchev–Trinajstić information content (AvgIpc) is 3.10. The van der Waals surface area contributed by atoms with E-state index in [0.717, 1.165) is 36.9 Å². The summed E-state index contributed by atoms with van der Waals surface area (Å²) >= 11 is 0. The largest absolute Gasteiger partial charge is 0.265 e. The van der Waals surface area contributed by atoms with Crippen molar-refractivity contribution in [2.75, 3.05) is 0 Å². The Morgan fingerprint density at radius 1 is 0.600 bits per heavy atom. The molecule has 0 N–H and O–H groups in total. The first-order valence-electron chi connectivity index (χ1n) is 16.2. The van der Waals surface area contributed by atoms with Crippen LogP contribution in [0.3, 0.4) is 0 Å². The van der Waals surface area contributed by atoms with Crippen molar-refractivity contribution < 1.29 is 0 Å². The zero-order chi connectivity index (χ0) is 30.3. The van der Waals surface area contributed by atoms with Crippen LogP contribution < -0.4 is 0 Å². The molecule has 2 nitrogen and oxygen atoms in total. The monoisotopic (exact) mass is 580 g/mol. The van der Waals surface area contributed by atoms with Crippen LogP contribution in [0.25, 0.3) is 55.6 Å². The maximum Gasteiger partial charge on any atom is 0.0666 e. The van der Waals surface area contributed by atoms with Gasteiger partial charge in [-0.15, -0.1) is 0 Å². The molecule has 2 heteroatoms. The SMILES string of the molecule is CC(C)c1cccc(-c2c3ccccc3c(-c3ccc4c(c3)CCC(C3=NC(c5ccncc5)=CCC3)=C4)c3ccccc23)c1. The van der Waals surface area contributed by atoms with E-state index in [1.807, 2.05) is 24.5 Å². The number of aliphatic imine (C=N–C) groups is 1. The minimum atomic E-state index is 0.483. The standard InChI is InChI=1S/C43H36N2/c1-28(2)30-9-7-10-34(25-30)42-36-11-3-5-13-38(36)43(39-14-6-4-12-37(39)42)35-20-18-31-26-33(19-17-32(31)27-35)41-16-8-15-40(45-41)29-21-23-44-24-22-29/h3-7,9-15,18,20-28H,8,16-17,19H2,1-2H3. The minimum absolute atomic E-state index is 0.483. The number of fused-ring (bicyclic) bond motifs is 3. The summed E-state index contributed by atoms with van der Waals surface area (Å²) in [5.74, 6) is 0.483. The Hall–Kier alpha value is -5.08. The molecule has 2 aliphatic rings. The predicted molar refractivity (Wildman–Crippen MR) is 192 cm³/mol. The lowest BCUT2D eigenvalue weighted by Crippen LogP contribution is -2.11. The maximum atomic E-state index is 5.11. The lowest BCUT2D eigenvalue weighted by molar-refractivity contribution is 0.867. The van der Waals surface area contributed by atoms with Crippen LogP contribution in [0.2, 0.25) is 0 Å². The van der Waals surface area contributed by atoms with Crippen molar-refractivity contribution in [2.24, 2.45) is 4.99 Å². The Balaban J connectivity index is 1.24. The van der Waals surface area contributed by atoms with E-state index in [1.165, 1.54) is 71.8 Å². The van der Waals surface area contributed by atoms with Crippen molar-refractivity contribution >= 4 is 39.0 Å². The van der Waals surface area contributed by atoms with Crippen LogP contribution in [0.4, 0.5) is 0 Å². The lowest BCUT2D eigenvalue weighted by Gasteiger charge is -2.22. The van der Waals surface area contributed by atoms with Crippen molar-refractivity contribution in [3.8, 4) is 22.3 Å². The molecule has 2 heterocycles. The fraction of sp³-hybridized carbons (Fsp3) is 0.163.